The molecule has 9 heavy (non-hydrogen) atoms. The van der Waals surface area contributed by atoms with Crippen molar-refractivity contribution in [1.29, 1.82) is 0 Å². The molecule has 2 rings (SSSR count). The molecule has 2 fully saturated rings. The van der Waals surface area contributed by atoms with Crippen LogP contribution < -0.4 is 5.32 Å². The minimum absolute atomic E-state index is 0.323. The predicted octanol–water partition coefficient (Wildman–Crippen LogP) is -0.0233. The molecule has 3 atom stereocenters. The molecule has 2 aliphatic rings. The molecule has 1 saturated heterocycles. The first-order valence-electron chi connectivity index (χ1n) is 3.74. The van der Waals surface area contributed by atoms with E-state index in [4.69, 9.17) is 5.11 Å². The lowest BCUT2D eigenvalue weighted by molar-refractivity contribution is 0.216. The van der Waals surface area contributed by atoms with Crippen molar-refractivity contribution < 1.29 is 5.11 Å². The van der Waals surface area contributed by atoms with Crippen LogP contribution in [0.4, 0.5) is 0 Å². The Balaban J connectivity index is 1.86. The van der Waals surface area contributed by atoms with Crippen LogP contribution in [0.5, 0.6) is 0 Å². The van der Waals surface area contributed by atoms with Gasteiger partial charge in [-0.15, -0.1) is 0 Å². The van der Waals surface area contributed by atoms with Crippen LogP contribution in [0.1, 0.15) is 12.8 Å². The van der Waals surface area contributed by atoms with E-state index in [1.165, 1.54) is 12.8 Å². The highest BCUT2D eigenvalue weighted by atomic mass is 16.3. The van der Waals surface area contributed by atoms with Gasteiger partial charge in [-0.1, -0.05) is 0 Å². The summed E-state index contributed by atoms with van der Waals surface area (Å²) in [5.74, 6) is 1.93. The van der Waals surface area contributed by atoms with E-state index in [1.807, 2.05) is 0 Å². The Labute approximate surface area is 55.3 Å². The summed E-state index contributed by atoms with van der Waals surface area (Å²) in [5, 5.41) is 12.1. The molecular weight excluding hydrogens is 114 g/mol. The summed E-state index contributed by atoms with van der Waals surface area (Å²) < 4.78 is 0. The summed E-state index contributed by atoms with van der Waals surface area (Å²) in [5.41, 5.74) is 0. The Morgan fingerprint density at radius 3 is 2.89 bits per heavy atom. The average molecular weight is 127 g/mol. The van der Waals surface area contributed by atoms with E-state index >= 15 is 0 Å². The van der Waals surface area contributed by atoms with Crippen molar-refractivity contribution in [3.05, 3.63) is 0 Å². The maximum Gasteiger partial charge on any atom is 0.0584 e. The van der Waals surface area contributed by atoms with Gasteiger partial charge >= 0.3 is 0 Å². The standard InChI is InChI=1S/C7H13NO/c9-4-7-2-5-1-6(5)3-8-7/h5-9H,1-4H2/t5-,6+,7-/m0/s1. The normalized spacial score (nSPS) is 48.3. The fourth-order valence-electron chi connectivity index (χ4n) is 1.75. The highest BCUT2D eigenvalue weighted by Crippen LogP contribution is 2.43. The molecule has 1 aliphatic carbocycles. The molecular formula is C7H13NO. The van der Waals surface area contributed by atoms with E-state index in [0.29, 0.717) is 12.6 Å². The van der Waals surface area contributed by atoms with Crippen molar-refractivity contribution in [2.75, 3.05) is 13.2 Å². The van der Waals surface area contributed by atoms with E-state index < -0.39 is 0 Å². The molecule has 0 amide bonds. The predicted molar refractivity (Wildman–Crippen MR) is 35.1 cm³/mol. The molecule has 1 heterocycles. The lowest BCUT2D eigenvalue weighted by Gasteiger charge is -2.20. The van der Waals surface area contributed by atoms with Crippen molar-refractivity contribution in [3.63, 3.8) is 0 Å². The zero-order valence-electron chi connectivity index (χ0n) is 5.51. The highest BCUT2D eigenvalue weighted by molar-refractivity contribution is 4.95. The van der Waals surface area contributed by atoms with E-state index in [-0.39, 0.29) is 0 Å². The van der Waals surface area contributed by atoms with Gasteiger partial charge in [-0.25, -0.2) is 0 Å². The molecule has 2 N–H and O–H groups in total. The van der Waals surface area contributed by atoms with Crippen molar-refractivity contribution in [2.45, 2.75) is 18.9 Å². The van der Waals surface area contributed by atoms with Crippen LogP contribution >= 0.6 is 0 Å². The van der Waals surface area contributed by atoms with Gasteiger partial charge in [0.2, 0.25) is 0 Å². The van der Waals surface area contributed by atoms with Gasteiger partial charge in [0.25, 0.3) is 0 Å². The van der Waals surface area contributed by atoms with Crippen LogP contribution in [0, 0.1) is 11.8 Å². The summed E-state index contributed by atoms with van der Waals surface area (Å²) in [4.78, 5) is 0. The fourth-order valence-corrected chi connectivity index (χ4v) is 1.75. The Kier molecular flexibility index (Phi) is 1.24. The monoisotopic (exact) mass is 127 g/mol. The van der Waals surface area contributed by atoms with E-state index in [1.54, 1.807) is 0 Å². The van der Waals surface area contributed by atoms with Gasteiger partial charge in [0.1, 0.15) is 0 Å². The van der Waals surface area contributed by atoms with Gasteiger partial charge in [-0.05, 0) is 31.2 Å². The molecule has 2 nitrogen and oxygen atoms in total. The molecule has 0 radical (unpaired) electrons. The average Bonchev–Trinajstić information content (AvgIpc) is 2.64. The number of hydrogen-bond donors (Lipinski definition) is 2. The van der Waals surface area contributed by atoms with E-state index in [9.17, 15) is 0 Å². The molecule has 0 bridgehead atoms. The highest BCUT2D eigenvalue weighted by Gasteiger charge is 2.41. The smallest absolute Gasteiger partial charge is 0.0584 e. The summed E-state index contributed by atoms with van der Waals surface area (Å²) in [6.07, 6.45) is 2.62. The first-order chi connectivity index (χ1) is 4.40. The fraction of sp³-hybridized carbons (Fsp3) is 1.00. The molecule has 1 saturated carbocycles. The van der Waals surface area contributed by atoms with Crippen LogP contribution in [0.3, 0.4) is 0 Å². The van der Waals surface area contributed by atoms with Gasteiger partial charge in [0.05, 0.1) is 6.61 Å². The molecule has 52 valence electrons. The molecule has 0 aromatic carbocycles. The van der Waals surface area contributed by atoms with Crippen molar-refractivity contribution >= 4 is 0 Å². The largest absolute Gasteiger partial charge is 0.395 e. The maximum atomic E-state index is 8.76. The number of fused-ring (bicyclic) bond motifs is 1. The molecule has 0 aromatic heterocycles. The summed E-state index contributed by atoms with van der Waals surface area (Å²) in [6, 6.07) is 0.411. The topological polar surface area (TPSA) is 32.3 Å². The van der Waals surface area contributed by atoms with Crippen molar-refractivity contribution in [3.8, 4) is 0 Å². The number of aliphatic hydroxyl groups excluding tert-OH is 1. The summed E-state index contributed by atoms with van der Waals surface area (Å²) in [7, 11) is 0. The van der Waals surface area contributed by atoms with Gasteiger partial charge in [-0.3, -0.25) is 0 Å². The first kappa shape index (κ1) is 5.69. The molecule has 0 aromatic rings. The Bertz CT molecular complexity index is 115. The maximum absolute atomic E-state index is 8.76. The van der Waals surface area contributed by atoms with Crippen LogP contribution in [0.15, 0.2) is 0 Å². The third-order valence-corrected chi connectivity index (χ3v) is 2.55. The van der Waals surface area contributed by atoms with Crippen molar-refractivity contribution in [1.82, 2.24) is 5.32 Å². The first-order valence-corrected chi connectivity index (χ1v) is 3.74. The van der Waals surface area contributed by atoms with Gasteiger partial charge in [0.15, 0.2) is 0 Å². The Hall–Kier alpha value is -0.0800. The summed E-state index contributed by atoms with van der Waals surface area (Å²) in [6.45, 7) is 1.47. The SMILES string of the molecule is OC[C@@H]1C[C@@H]2C[C@@H]2CN1. The zero-order valence-corrected chi connectivity index (χ0v) is 5.51. The number of hydrogen-bond acceptors (Lipinski definition) is 2. The number of rotatable bonds is 1. The second-order valence-electron chi connectivity index (χ2n) is 3.28. The van der Waals surface area contributed by atoms with Crippen LogP contribution in [0.2, 0.25) is 0 Å². The zero-order chi connectivity index (χ0) is 6.27. The van der Waals surface area contributed by atoms with Gasteiger partial charge in [-0.2, -0.15) is 0 Å². The lowest BCUT2D eigenvalue weighted by Crippen LogP contribution is -2.37. The van der Waals surface area contributed by atoms with E-state index in [2.05, 4.69) is 5.32 Å². The summed E-state index contributed by atoms with van der Waals surface area (Å²) >= 11 is 0. The molecule has 2 heteroatoms. The third-order valence-electron chi connectivity index (χ3n) is 2.55. The van der Waals surface area contributed by atoms with Gasteiger partial charge < -0.3 is 10.4 Å². The van der Waals surface area contributed by atoms with Crippen LogP contribution in [-0.4, -0.2) is 24.3 Å². The minimum Gasteiger partial charge on any atom is -0.395 e. The number of aliphatic hydroxyl groups is 1. The lowest BCUT2D eigenvalue weighted by atomic mass is 10.1. The second-order valence-corrected chi connectivity index (χ2v) is 3.28. The van der Waals surface area contributed by atoms with E-state index in [0.717, 1.165) is 18.4 Å². The molecule has 1 aliphatic heterocycles. The minimum atomic E-state index is 0.323. The van der Waals surface area contributed by atoms with Crippen molar-refractivity contribution in [2.24, 2.45) is 11.8 Å². The van der Waals surface area contributed by atoms with Crippen LogP contribution in [-0.2, 0) is 0 Å². The molecule has 0 spiro atoms. The van der Waals surface area contributed by atoms with Crippen LogP contribution in [0.25, 0.3) is 0 Å². The Morgan fingerprint density at radius 1 is 1.33 bits per heavy atom. The number of piperidine rings is 1. The number of nitrogens with one attached hydrogen (secondary N) is 1. The Morgan fingerprint density at radius 2 is 2.22 bits per heavy atom. The molecule has 0 unspecified atom stereocenters. The quantitative estimate of drug-likeness (QED) is 0.518. The van der Waals surface area contributed by atoms with Gasteiger partial charge in [0, 0.05) is 6.04 Å². The second kappa shape index (κ2) is 1.96. The third kappa shape index (κ3) is 0.970.